The summed E-state index contributed by atoms with van der Waals surface area (Å²) in [6.45, 7) is 3.98. The molecule has 1 aromatic heterocycles. The number of hydrogen-bond acceptors (Lipinski definition) is 3. The summed E-state index contributed by atoms with van der Waals surface area (Å²) in [5, 5.41) is 4.25. The summed E-state index contributed by atoms with van der Waals surface area (Å²) in [7, 11) is 1.65. The van der Waals surface area contributed by atoms with Crippen LogP contribution in [0.5, 0.6) is 11.5 Å². The molecule has 0 saturated carbocycles. The molecule has 2 rings (SSSR count). The third-order valence-corrected chi connectivity index (χ3v) is 2.27. The van der Waals surface area contributed by atoms with Crippen molar-refractivity contribution >= 4 is 0 Å². The van der Waals surface area contributed by atoms with Crippen LogP contribution < -0.4 is 9.47 Å². The van der Waals surface area contributed by atoms with Gasteiger partial charge in [-0.3, -0.25) is 0 Å². The Bertz CT molecular complexity index is 474. The minimum absolute atomic E-state index is 0.156. The third kappa shape index (κ3) is 2.78. The van der Waals surface area contributed by atoms with Gasteiger partial charge in [0, 0.05) is 0 Å². The lowest BCUT2D eigenvalue weighted by Gasteiger charge is -2.05. The summed E-state index contributed by atoms with van der Waals surface area (Å²) in [4.78, 5) is 0. The van der Waals surface area contributed by atoms with Crippen molar-refractivity contribution in [1.29, 1.82) is 0 Å². The van der Waals surface area contributed by atoms with E-state index in [0.29, 0.717) is 0 Å². The Morgan fingerprint density at radius 3 is 2.41 bits per heavy atom. The second kappa shape index (κ2) is 4.91. The molecule has 0 fully saturated rings. The lowest BCUT2D eigenvalue weighted by atomic mass is 10.3. The summed E-state index contributed by atoms with van der Waals surface area (Å²) < 4.78 is 12.4. The summed E-state index contributed by atoms with van der Waals surface area (Å²) in [5.74, 6) is 1.61. The van der Waals surface area contributed by atoms with Crippen molar-refractivity contribution in [2.45, 2.75) is 20.0 Å². The van der Waals surface area contributed by atoms with E-state index in [1.165, 1.54) is 0 Å². The van der Waals surface area contributed by atoms with Crippen LogP contribution in [-0.2, 0) is 0 Å². The highest BCUT2D eigenvalue weighted by Gasteiger charge is 2.03. The molecular weight excluding hydrogens is 216 g/mol. The highest BCUT2D eigenvalue weighted by molar-refractivity contribution is 5.37. The molecule has 0 amide bonds. The van der Waals surface area contributed by atoms with Crippen molar-refractivity contribution in [2.24, 2.45) is 0 Å². The van der Waals surface area contributed by atoms with Crippen molar-refractivity contribution in [1.82, 2.24) is 9.78 Å². The first-order valence-electron chi connectivity index (χ1n) is 5.55. The van der Waals surface area contributed by atoms with Crippen molar-refractivity contribution in [3.05, 3.63) is 36.7 Å². The van der Waals surface area contributed by atoms with Gasteiger partial charge in [-0.15, -0.1) is 0 Å². The minimum atomic E-state index is 0.156. The zero-order valence-electron chi connectivity index (χ0n) is 10.3. The van der Waals surface area contributed by atoms with E-state index in [-0.39, 0.29) is 6.10 Å². The molecule has 0 radical (unpaired) electrons. The molecule has 0 spiro atoms. The van der Waals surface area contributed by atoms with Gasteiger partial charge in [-0.1, -0.05) is 0 Å². The molecule has 2 aromatic rings. The van der Waals surface area contributed by atoms with E-state index in [4.69, 9.17) is 9.47 Å². The van der Waals surface area contributed by atoms with E-state index in [1.54, 1.807) is 18.0 Å². The quantitative estimate of drug-likeness (QED) is 0.813. The van der Waals surface area contributed by atoms with E-state index >= 15 is 0 Å². The number of nitrogens with zero attached hydrogens (tertiary/aromatic N) is 2. The topological polar surface area (TPSA) is 36.3 Å². The van der Waals surface area contributed by atoms with Crippen LogP contribution in [0.3, 0.4) is 0 Å². The van der Waals surface area contributed by atoms with Gasteiger partial charge >= 0.3 is 0 Å². The standard InChI is InChI=1S/C13H16N2O2/c1-10(2)17-13-8-14-15(9-13)11-4-6-12(16-3)7-5-11/h4-10H,1-3H3. The Morgan fingerprint density at radius 2 is 1.82 bits per heavy atom. The smallest absolute Gasteiger partial charge is 0.158 e. The van der Waals surface area contributed by atoms with Crippen LogP contribution in [-0.4, -0.2) is 23.0 Å². The summed E-state index contributed by atoms with van der Waals surface area (Å²) in [5.41, 5.74) is 0.976. The summed E-state index contributed by atoms with van der Waals surface area (Å²) in [6.07, 6.45) is 3.73. The minimum Gasteiger partial charge on any atom is -0.497 e. The molecule has 1 heterocycles. The summed E-state index contributed by atoms with van der Waals surface area (Å²) >= 11 is 0. The highest BCUT2D eigenvalue weighted by Crippen LogP contribution is 2.17. The van der Waals surface area contributed by atoms with E-state index in [1.807, 2.05) is 44.3 Å². The van der Waals surface area contributed by atoms with Crippen LogP contribution in [0.15, 0.2) is 36.7 Å². The molecule has 0 saturated heterocycles. The predicted molar refractivity (Wildman–Crippen MR) is 65.9 cm³/mol. The lowest BCUT2D eigenvalue weighted by Crippen LogP contribution is -2.04. The summed E-state index contributed by atoms with van der Waals surface area (Å²) in [6, 6.07) is 7.70. The molecule has 17 heavy (non-hydrogen) atoms. The van der Waals surface area contributed by atoms with Crippen LogP contribution in [0.25, 0.3) is 5.69 Å². The van der Waals surface area contributed by atoms with Gasteiger partial charge in [-0.2, -0.15) is 5.10 Å². The predicted octanol–water partition coefficient (Wildman–Crippen LogP) is 2.67. The van der Waals surface area contributed by atoms with E-state index in [9.17, 15) is 0 Å². The Balaban J connectivity index is 2.18. The van der Waals surface area contributed by atoms with Crippen LogP contribution >= 0.6 is 0 Å². The Hall–Kier alpha value is -1.97. The average Bonchev–Trinajstić information content (AvgIpc) is 2.77. The Morgan fingerprint density at radius 1 is 1.12 bits per heavy atom. The maximum atomic E-state index is 5.55. The fourth-order valence-corrected chi connectivity index (χ4v) is 1.52. The monoisotopic (exact) mass is 232 g/mol. The number of methoxy groups -OCH3 is 1. The van der Waals surface area contributed by atoms with Gasteiger partial charge in [0.25, 0.3) is 0 Å². The molecule has 90 valence electrons. The van der Waals surface area contributed by atoms with Gasteiger partial charge in [0.1, 0.15) is 5.75 Å². The normalized spacial score (nSPS) is 10.6. The zero-order valence-corrected chi connectivity index (χ0v) is 10.3. The molecular formula is C13H16N2O2. The van der Waals surface area contributed by atoms with Gasteiger partial charge in [-0.25, -0.2) is 4.68 Å². The second-order valence-corrected chi connectivity index (χ2v) is 3.99. The first kappa shape index (κ1) is 11.5. The Kier molecular flexibility index (Phi) is 3.32. The Labute approximate surface area is 101 Å². The maximum Gasteiger partial charge on any atom is 0.158 e. The van der Waals surface area contributed by atoms with Gasteiger partial charge in [-0.05, 0) is 38.1 Å². The molecule has 0 aliphatic heterocycles. The van der Waals surface area contributed by atoms with E-state index < -0.39 is 0 Å². The molecule has 0 aliphatic carbocycles. The van der Waals surface area contributed by atoms with E-state index in [2.05, 4.69) is 5.10 Å². The molecule has 0 bridgehead atoms. The molecule has 0 aliphatic rings. The van der Waals surface area contributed by atoms with Gasteiger partial charge in [0.15, 0.2) is 5.75 Å². The molecule has 4 nitrogen and oxygen atoms in total. The van der Waals surface area contributed by atoms with Crippen molar-refractivity contribution in [2.75, 3.05) is 7.11 Å². The number of benzene rings is 1. The fraction of sp³-hybridized carbons (Fsp3) is 0.308. The molecule has 0 unspecified atom stereocenters. The molecule has 0 atom stereocenters. The molecule has 0 N–H and O–H groups in total. The van der Waals surface area contributed by atoms with Crippen LogP contribution in [0.2, 0.25) is 0 Å². The van der Waals surface area contributed by atoms with Crippen LogP contribution in [0.4, 0.5) is 0 Å². The average molecular weight is 232 g/mol. The maximum absolute atomic E-state index is 5.55. The first-order chi connectivity index (χ1) is 8.19. The first-order valence-corrected chi connectivity index (χ1v) is 5.55. The van der Waals surface area contributed by atoms with Crippen LogP contribution in [0.1, 0.15) is 13.8 Å². The second-order valence-electron chi connectivity index (χ2n) is 3.99. The zero-order chi connectivity index (χ0) is 12.3. The lowest BCUT2D eigenvalue weighted by molar-refractivity contribution is 0.242. The van der Waals surface area contributed by atoms with Crippen molar-refractivity contribution < 1.29 is 9.47 Å². The largest absolute Gasteiger partial charge is 0.497 e. The van der Waals surface area contributed by atoms with Crippen LogP contribution in [0, 0.1) is 0 Å². The molecule has 1 aromatic carbocycles. The molecule has 4 heteroatoms. The van der Waals surface area contributed by atoms with Gasteiger partial charge in [0.05, 0.1) is 31.3 Å². The fourth-order valence-electron chi connectivity index (χ4n) is 1.52. The number of hydrogen-bond donors (Lipinski definition) is 0. The van der Waals surface area contributed by atoms with Crippen molar-refractivity contribution in [3.63, 3.8) is 0 Å². The van der Waals surface area contributed by atoms with Gasteiger partial charge in [0.2, 0.25) is 0 Å². The van der Waals surface area contributed by atoms with Gasteiger partial charge < -0.3 is 9.47 Å². The van der Waals surface area contributed by atoms with Crippen molar-refractivity contribution in [3.8, 4) is 17.2 Å². The highest BCUT2D eigenvalue weighted by atomic mass is 16.5. The third-order valence-electron chi connectivity index (χ3n) is 2.27. The number of rotatable bonds is 4. The SMILES string of the molecule is COc1ccc(-n2cc(OC(C)C)cn2)cc1. The van der Waals surface area contributed by atoms with E-state index in [0.717, 1.165) is 17.2 Å². The number of ether oxygens (including phenoxy) is 2. The number of aromatic nitrogens is 2.